The van der Waals surface area contributed by atoms with Crippen molar-refractivity contribution in [1.29, 1.82) is 0 Å². The highest BCUT2D eigenvalue weighted by Gasteiger charge is 2.23. The molecule has 8 heteroatoms. The molecule has 1 aliphatic heterocycles. The third-order valence-corrected chi connectivity index (χ3v) is 4.73. The van der Waals surface area contributed by atoms with E-state index in [4.69, 9.17) is 9.47 Å². The topological polar surface area (TPSA) is 76.7 Å². The lowest BCUT2D eigenvalue weighted by molar-refractivity contribution is 0.287. The van der Waals surface area contributed by atoms with Crippen LogP contribution in [0.2, 0.25) is 0 Å². The Morgan fingerprint density at radius 1 is 1.23 bits per heavy atom. The lowest BCUT2D eigenvalue weighted by Crippen LogP contribution is -2.36. The van der Waals surface area contributed by atoms with Gasteiger partial charge in [0, 0.05) is 18.7 Å². The van der Waals surface area contributed by atoms with Gasteiger partial charge >= 0.3 is 0 Å². The molecule has 1 unspecified atom stereocenters. The average molecular weight is 351 g/mol. The van der Waals surface area contributed by atoms with E-state index in [0.29, 0.717) is 31.3 Å². The summed E-state index contributed by atoms with van der Waals surface area (Å²) >= 11 is 0. The van der Waals surface area contributed by atoms with Crippen LogP contribution in [-0.2, 0) is 10.0 Å². The average Bonchev–Trinajstić information content (AvgIpc) is 2.93. The highest BCUT2D eigenvalue weighted by Crippen LogP contribution is 2.30. The lowest BCUT2D eigenvalue weighted by Gasteiger charge is -2.15. The third-order valence-electron chi connectivity index (χ3n) is 3.21. The number of benzene rings is 1. The summed E-state index contributed by atoms with van der Waals surface area (Å²) in [5, 5.41) is 3.13. The molecule has 126 valence electrons. The number of rotatable bonds is 7. The van der Waals surface area contributed by atoms with Crippen molar-refractivity contribution in [2.45, 2.75) is 31.2 Å². The van der Waals surface area contributed by atoms with Gasteiger partial charge in [0.05, 0.1) is 18.1 Å². The van der Waals surface area contributed by atoms with Gasteiger partial charge in [0.15, 0.2) is 11.5 Å². The van der Waals surface area contributed by atoms with E-state index in [1.54, 1.807) is 6.07 Å². The van der Waals surface area contributed by atoms with Crippen molar-refractivity contribution < 1.29 is 17.9 Å². The number of hydrogen-bond donors (Lipinski definition) is 2. The highest BCUT2D eigenvalue weighted by atomic mass is 35.5. The standard InChI is InChI=1S/C14H22N2O4S.ClH/c1-3-19-13-6-5-12(9-14(13)20-4-2)21(17,18)16-11-7-8-15-10-11;/h5-6,9,11,15-16H,3-4,7-8,10H2,1-2H3;1H. The van der Waals surface area contributed by atoms with Gasteiger partial charge in [0.1, 0.15) is 0 Å². The summed E-state index contributed by atoms with van der Waals surface area (Å²) in [6.07, 6.45) is 0.800. The lowest BCUT2D eigenvalue weighted by atomic mass is 10.3. The first kappa shape index (κ1) is 19.0. The summed E-state index contributed by atoms with van der Waals surface area (Å²) in [5.74, 6) is 1.01. The molecule has 1 aromatic rings. The van der Waals surface area contributed by atoms with Gasteiger partial charge < -0.3 is 14.8 Å². The minimum absolute atomic E-state index is 0. The zero-order valence-corrected chi connectivity index (χ0v) is 14.4. The number of halogens is 1. The van der Waals surface area contributed by atoms with Crippen LogP contribution in [0.1, 0.15) is 20.3 Å². The van der Waals surface area contributed by atoms with Crippen LogP contribution in [0, 0.1) is 0 Å². The summed E-state index contributed by atoms with van der Waals surface area (Å²) in [4.78, 5) is 0.196. The molecule has 1 heterocycles. The molecule has 0 saturated carbocycles. The molecule has 0 amide bonds. The second-order valence-corrected chi connectivity index (χ2v) is 6.50. The van der Waals surface area contributed by atoms with Gasteiger partial charge in [-0.15, -0.1) is 12.4 Å². The maximum atomic E-state index is 12.4. The minimum Gasteiger partial charge on any atom is -0.490 e. The number of sulfonamides is 1. The van der Waals surface area contributed by atoms with Gasteiger partial charge in [-0.05, 0) is 38.9 Å². The normalized spacial score (nSPS) is 17.8. The van der Waals surface area contributed by atoms with Crippen molar-refractivity contribution in [3.05, 3.63) is 18.2 Å². The fourth-order valence-corrected chi connectivity index (χ4v) is 3.53. The Kier molecular flexibility index (Phi) is 7.41. The molecule has 0 spiro atoms. The molecule has 0 aliphatic carbocycles. The van der Waals surface area contributed by atoms with Gasteiger partial charge in [0.25, 0.3) is 0 Å². The molecule has 1 fully saturated rings. The largest absolute Gasteiger partial charge is 0.490 e. The fraction of sp³-hybridized carbons (Fsp3) is 0.571. The first-order valence-corrected chi connectivity index (χ1v) is 8.67. The monoisotopic (exact) mass is 350 g/mol. The number of nitrogens with one attached hydrogen (secondary N) is 2. The molecule has 1 saturated heterocycles. The zero-order valence-electron chi connectivity index (χ0n) is 12.8. The van der Waals surface area contributed by atoms with E-state index in [9.17, 15) is 8.42 Å². The molecular formula is C14H23ClN2O4S. The minimum atomic E-state index is -3.54. The van der Waals surface area contributed by atoms with E-state index in [1.807, 2.05) is 13.8 Å². The Bertz CT molecular complexity index is 574. The van der Waals surface area contributed by atoms with Gasteiger partial charge in [-0.3, -0.25) is 0 Å². The molecule has 0 bridgehead atoms. The Morgan fingerprint density at radius 3 is 2.50 bits per heavy atom. The van der Waals surface area contributed by atoms with Crippen LogP contribution < -0.4 is 19.5 Å². The van der Waals surface area contributed by atoms with E-state index in [0.717, 1.165) is 13.0 Å². The summed E-state index contributed by atoms with van der Waals surface area (Å²) in [6.45, 7) is 6.16. The fourth-order valence-electron chi connectivity index (χ4n) is 2.24. The molecule has 1 atom stereocenters. The van der Waals surface area contributed by atoms with Gasteiger partial charge in [-0.2, -0.15) is 0 Å². The molecule has 0 aromatic heterocycles. The summed E-state index contributed by atoms with van der Waals surface area (Å²) in [5.41, 5.74) is 0. The molecule has 2 N–H and O–H groups in total. The summed E-state index contributed by atoms with van der Waals surface area (Å²) < 4.78 is 38.4. The Labute approximate surface area is 138 Å². The van der Waals surface area contributed by atoms with Gasteiger partial charge in [0.2, 0.25) is 10.0 Å². The van der Waals surface area contributed by atoms with Crippen LogP contribution in [0.3, 0.4) is 0 Å². The molecule has 2 rings (SSSR count). The Morgan fingerprint density at radius 2 is 1.91 bits per heavy atom. The highest BCUT2D eigenvalue weighted by molar-refractivity contribution is 7.89. The van der Waals surface area contributed by atoms with Crippen molar-refractivity contribution in [1.82, 2.24) is 10.0 Å². The summed E-state index contributed by atoms with van der Waals surface area (Å²) in [6, 6.07) is 4.63. The Hall–Kier alpha value is -1.02. The maximum Gasteiger partial charge on any atom is 0.241 e. The zero-order chi connectivity index (χ0) is 15.3. The van der Waals surface area contributed by atoms with Crippen LogP contribution in [0.25, 0.3) is 0 Å². The number of hydrogen-bond acceptors (Lipinski definition) is 5. The predicted molar refractivity (Wildman–Crippen MR) is 87.6 cm³/mol. The van der Waals surface area contributed by atoms with Crippen LogP contribution >= 0.6 is 12.4 Å². The maximum absolute atomic E-state index is 12.4. The van der Waals surface area contributed by atoms with Crippen molar-refractivity contribution in [2.24, 2.45) is 0 Å². The molecule has 6 nitrogen and oxygen atoms in total. The van der Waals surface area contributed by atoms with Gasteiger partial charge in [-0.25, -0.2) is 13.1 Å². The van der Waals surface area contributed by atoms with Crippen molar-refractivity contribution in [3.63, 3.8) is 0 Å². The van der Waals surface area contributed by atoms with Crippen molar-refractivity contribution in [2.75, 3.05) is 26.3 Å². The smallest absolute Gasteiger partial charge is 0.241 e. The van der Waals surface area contributed by atoms with E-state index in [1.165, 1.54) is 12.1 Å². The third kappa shape index (κ3) is 4.74. The van der Waals surface area contributed by atoms with Crippen LogP contribution in [-0.4, -0.2) is 40.8 Å². The molecule has 22 heavy (non-hydrogen) atoms. The first-order chi connectivity index (χ1) is 10.1. The van der Waals surface area contributed by atoms with Gasteiger partial charge in [-0.1, -0.05) is 0 Å². The van der Waals surface area contributed by atoms with E-state index < -0.39 is 10.0 Å². The molecular weight excluding hydrogens is 328 g/mol. The molecule has 0 radical (unpaired) electrons. The second-order valence-electron chi connectivity index (χ2n) is 4.79. The first-order valence-electron chi connectivity index (χ1n) is 7.19. The van der Waals surface area contributed by atoms with E-state index in [2.05, 4.69) is 10.0 Å². The summed E-state index contributed by atoms with van der Waals surface area (Å²) in [7, 11) is -3.54. The molecule has 1 aromatic carbocycles. The quantitative estimate of drug-likeness (QED) is 0.780. The second kappa shape index (κ2) is 8.57. The van der Waals surface area contributed by atoms with Crippen molar-refractivity contribution >= 4 is 22.4 Å². The number of ether oxygens (including phenoxy) is 2. The predicted octanol–water partition coefficient (Wildman–Crippen LogP) is 1.55. The van der Waals surface area contributed by atoms with E-state index >= 15 is 0 Å². The van der Waals surface area contributed by atoms with Crippen molar-refractivity contribution in [3.8, 4) is 11.5 Å². The van der Waals surface area contributed by atoms with Crippen LogP contribution in [0.15, 0.2) is 23.1 Å². The molecule has 1 aliphatic rings. The van der Waals surface area contributed by atoms with Crippen LogP contribution in [0.4, 0.5) is 0 Å². The SMILES string of the molecule is CCOc1ccc(S(=O)(=O)NC2CCNC2)cc1OCC.Cl. The Balaban J connectivity index is 0.00000242. The van der Waals surface area contributed by atoms with Crippen LogP contribution in [0.5, 0.6) is 11.5 Å². The van der Waals surface area contributed by atoms with E-state index in [-0.39, 0.29) is 23.3 Å².